The number of aromatic amines is 1. The second-order valence-corrected chi connectivity index (χ2v) is 6.96. The van der Waals surface area contributed by atoms with Crippen LogP contribution in [-0.2, 0) is 27.6 Å². The molecule has 0 radical (unpaired) electrons. The van der Waals surface area contributed by atoms with Crippen molar-refractivity contribution in [3.8, 4) is 0 Å². The smallest absolute Gasteiger partial charge is 0.394 e. The maximum absolute atomic E-state index is 12.6. The molecule has 12 heteroatoms. The van der Waals surface area contributed by atoms with Gasteiger partial charge in [0.25, 0.3) is 5.56 Å². The van der Waals surface area contributed by atoms with Gasteiger partial charge in [-0.2, -0.15) is 0 Å². The molecule has 0 aromatic carbocycles. The highest BCUT2D eigenvalue weighted by molar-refractivity contribution is 7.48. The molecule has 2 fully saturated rings. The lowest BCUT2D eigenvalue weighted by Crippen LogP contribution is -2.36. The number of hydrogen-bond acceptors (Lipinski definition) is 9. The number of nitrogens with one attached hydrogen (secondary N) is 1. The van der Waals surface area contributed by atoms with Crippen molar-refractivity contribution in [2.45, 2.75) is 31.5 Å². The minimum atomic E-state index is -3.88. The van der Waals surface area contributed by atoms with E-state index in [-0.39, 0.29) is 13.2 Å². The Balaban J connectivity index is 1.79. The molecule has 2 N–H and O–H groups in total. The number of aromatic nitrogens is 2. The third-order valence-corrected chi connectivity index (χ3v) is 5.28. The largest absolute Gasteiger partial charge is 0.475 e. The second kappa shape index (κ2) is 7.50. The highest BCUT2D eigenvalue weighted by atomic mass is 31.2. The SMILES string of the molecule is CCOCCOP1(=O)O[C@@H]2[C@H](O1)[C@@H](CO)O[C@H]2n1ccc(=O)[nH]c1=O. The Labute approximate surface area is 142 Å². The van der Waals surface area contributed by atoms with E-state index in [0.29, 0.717) is 6.61 Å². The maximum atomic E-state index is 12.6. The van der Waals surface area contributed by atoms with Crippen LogP contribution < -0.4 is 11.2 Å². The van der Waals surface area contributed by atoms with Crippen molar-refractivity contribution in [1.82, 2.24) is 9.55 Å². The summed E-state index contributed by atoms with van der Waals surface area (Å²) in [5.41, 5.74) is -1.29. The van der Waals surface area contributed by atoms with Crippen LogP contribution in [0.2, 0.25) is 0 Å². The minimum Gasteiger partial charge on any atom is -0.394 e. The first-order valence-electron chi connectivity index (χ1n) is 7.74. The third kappa shape index (κ3) is 3.77. The summed E-state index contributed by atoms with van der Waals surface area (Å²) in [6, 6.07) is 1.14. The van der Waals surface area contributed by atoms with Crippen molar-refractivity contribution in [1.29, 1.82) is 0 Å². The monoisotopic (exact) mass is 378 g/mol. The van der Waals surface area contributed by atoms with Gasteiger partial charge in [0.05, 0.1) is 19.8 Å². The summed E-state index contributed by atoms with van der Waals surface area (Å²) in [4.78, 5) is 25.3. The lowest BCUT2D eigenvalue weighted by molar-refractivity contribution is -0.0646. The van der Waals surface area contributed by atoms with Crippen LogP contribution >= 0.6 is 7.82 Å². The number of aliphatic hydroxyl groups excluding tert-OH is 1. The van der Waals surface area contributed by atoms with E-state index in [9.17, 15) is 19.3 Å². The van der Waals surface area contributed by atoms with Gasteiger partial charge < -0.3 is 14.6 Å². The Morgan fingerprint density at radius 1 is 1.32 bits per heavy atom. The van der Waals surface area contributed by atoms with E-state index in [2.05, 4.69) is 4.98 Å². The predicted octanol–water partition coefficient (Wildman–Crippen LogP) is -0.628. The molecule has 11 nitrogen and oxygen atoms in total. The topological polar surface area (TPSA) is 138 Å². The first-order valence-corrected chi connectivity index (χ1v) is 9.20. The second-order valence-electron chi connectivity index (χ2n) is 5.38. The molecular formula is C13H19N2O9P. The van der Waals surface area contributed by atoms with E-state index in [1.165, 1.54) is 6.20 Å². The molecule has 1 unspecified atom stereocenters. The van der Waals surface area contributed by atoms with E-state index in [0.717, 1.165) is 10.6 Å². The molecule has 0 bridgehead atoms. The summed E-state index contributed by atoms with van der Waals surface area (Å²) in [7, 11) is -3.88. The number of phosphoric ester groups is 1. The maximum Gasteiger partial charge on any atom is 0.475 e. The van der Waals surface area contributed by atoms with Gasteiger partial charge in [0.15, 0.2) is 6.23 Å². The van der Waals surface area contributed by atoms with Crippen molar-refractivity contribution in [3.05, 3.63) is 33.1 Å². The van der Waals surface area contributed by atoms with E-state index >= 15 is 0 Å². The summed E-state index contributed by atoms with van der Waals surface area (Å²) < 4.78 is 40.2. The molecule has 25 heavy (non-hydrogen) atoms. The van der Waals surface area contributed by atoms with Gasteiger partial charge in [-0.25, -0.2) is 9.36 Å². The minimum absolute atomic E-state index is 0.00151. The lowest BCUT2D eigenvalue weighted by Gasteiger charge is -2.20. The molecule has 0 aliphatic carbocycles. The Kier molecular flexibility index (Phi) is 5.54. The third-order valence-electron chi connectivity index (χ3n) is 3.77. The lowest BCUT2D eigenvalue weighted by atomic mass is 10.1. The molecule has 1 aromatic heterocycles. The molecular weight excluding hydrogens is 359 g/mol. The number of fused-ring (bicyclic) bond motifs is 1. The first-order chi connectivity index (χ1) is 12.0. The van der Waals surface area contributed by atoms with E-state index < -0.39 is 50.2 Å². The van der Waals surface area contributed by atoms with Crippen LogP contribution in [0.1, 0.15) is 13.2 Å². The van der Waals surface area contributed by atoms with Gasteiger partial charge in [-0.3, -0.25) is 27.9 Å². The number of rotatable bonds is 7. The van der Waals surface area contributed by atoms with Crippen LogP contribution in [0, 0.1) is 0 Å². The number of phosphoric acid groups is 1. The number of H-pyrrole nitrogens is 1. The molecule has 1 aromatic rings. The molecule has 2 saturated heterocycles. The van der Waals surface area contributed by atoms with Crippen molar-refractivity contribution in [3.63, 3.8) is 0 Å². The highest BCUT2D eigenvalue weighted by Gasteiger charge is 2.58. The van der Waals surface area contributed by atoms with Crippen LogP contribution in [0.5, 0.6) is 0 Å². The zero-order chi connectivity index (χ0) is 18.0. The van der Waals surface area contributed by atoms with Gasteiger partial charge >= 0.3 is 13.5 Å². The quantitative estimate of drug-likeness (QED) is 0.469. The summed E-state index contributed by atoms with van der Waals surface area (Å²) in [5.74, 6) is 0. The number of hydrogen-bond donors (Lipinski definition) is 2. The Morgan fingerprint density at radius 3 is 2.76 bits per heavy atom. The van der Waals surface area contributed by atoms with Crippen LogP contribution in [0.15, 0.2) is 21.9 Å². The van der Waals surface area contributed by atoms with Crippen molar-refractivity contribution in [2.24, 2.45) is 0 Å². The zero-order valence-electron chi connectivity index (χ0n) is 13.4. The van der Waals surface area contributed by atoms with Gasteiger partial charge in [-0.05, 0) is 6.92 Å². The number of aliphatic hydroxyl groups is 1. The van der Waals surface area contributed by atoms with Crippen molar-refractivity contribution < 1.29 is 32.7 Å². The number of nitrogens with zero attached hydrogens (tertiary/aromatic N) is 1. The van der Waals surface area contributed by atoms with Gasteiger partial charge in [0, 0.05) is 18.9 Å². The van der Waals surface area contributed by atoms with Crippen molar-refractivity contribution in [2.75, 3.05) is 26.4 Å². The van der Waals surface area contributed by atoms with Gasteiger partial charge in [-0.15, -0.1) is 0 Å². The summed E-state index contributed by atoms with van der Waals surface area (Å²) in [5, 5.41) is 9.45. The molecule has 3 heterocycles. The molecule has 2 aliphatic heterocycles. The van der Waals surface area contributed by atoms with Crippen LogP contribution in [0.3, 0.4) is 0 Å². The average Bonchev–Trinajstić information content (AvgIpc) is 3.07. The first kappa shape index (κ1) is 18.5. The summed E-state index contributed by atoms with van der Waals surface area (Å²) in [6.07, 6.45) is -2.49. The van der Waals surface area contributed by atoms with E-state index in [1.807, 2.05) is 6.92 Å². The van der Waals surface area contributed by atoms with Gasteiger partial charge in [-0.1, -0.05) is 0 Å². The Morgan fingerprint density at radius 2 is 2.08 bits per heavy atom. The molecule has 2 aliphatic rings. The van der Waals surface area contributed by atoms with E-state index in [1.54, 1.807) is 0 Å². The molecule has 0 amide bonds. The standard InChI is InChI=1S/C13H19N2O9P/c1-2-20-5-6-21-25(19)23-10-8(7-16)22-12(11(10)24-25)15-4-3-9(17)14-13(15)18/h3-4,8,10-12,16H,2,5-7H2,1H3,(H,14,17,18)/t8-,10-,11-,12-,25?/m1/s1. The number of ether oxygens (including phenoxy) is 2. The normalized spacial score (nSPS) is 34.3. The molecule has 5 atom stereocenters. The highest BCUT2D eigenvalue weighted by Crippen LogP contribution is 2.61. The van der Waals surface area contributed by atoms with E-state index in [4.69, 9.17) is 23.0 Å². The molecule has 0 saturated carbocycles. The summed E-state index contributed by atoms with van der Waals surface area (Å²) >= 11 is 0. The summed E-state index contributed by atoms with van der Waals surface area (Å²) in [6.45, 7) is 2.07. The van der Waals surface area contributed by atoms with Gasteiger partial charge in [0.2, 0.25) is 0 Å². The fraction of sp³-hybridized carbons (Fsp3) is 0.692. The average molecular weight is 378 g/mol. The Hall–Kier alpha value is -1.33. The van der Waals surface area contributed by atoms with Gasteiger partial charge in [0.1, 0.15) is 18.3 Å². The Bertz CT molecular complexity index is 762. The molecule has 3 rings (SSSR count). The van der Waals surface area contributed by atoms with Crippen LogP contribution in [0.4, 0.5) is 0 Å². The zero-order valence-corrected chi connectivity index (χ0v) is 14.3. The van der Waals surface area contributed by atoms with Crippen molar-refractivity contribution >= 4 is 7.82 Å². The fourth-order valence-electron chi connectivity index (χ4n) is 2.68. The van der Waals surface area contributed by atoms with Crippen LogP contribution in [-0.4, -0.2) is 59.4 Å². The van der Waals surface area contributed by atoms with Crippen LogP contribution in [0.25, 0.3) is 0 Å². The fourth-order valence-corrected chi connectivity index (χ4v) is 4.23. The molecule has 140 valence electrons. The predicted molar refractivity (Wildman–Crippen MR) is 82.1 cm³/mol. The molecule has 0 spiro atoms.